The second kappa shape index (κ2) is 5.89. The summed E-state index contributed by atoms with van der Waals surface area (Å²) >= 11 is 0. The molecular weight excluding hydrogens is 335 g/mol. The Labute approximate surface area is 151 Å². The number of halogens is 1. The zero-order chi connectivity index (χ0) is 18.6. The van der Waals surface area contributed by atoms with Gasteiger partial charge in [-0.3, -0.25) is 19.7 Å². The van der Waals surface area contributed by atoms with E-state index in [9.17, 15) is 18.8 Å². The Morgan fingerprint density at radius 3 is 2.62 bits per heavy atom. The summed E-state index contributed by atoms with van der Waals surface area (Å²) in [5, 5.41) is 2.30. The normalized spacial score (nSPS) is 27.7. The van der Waals surface area contributed by atoms with Crippen LogP contribution in [0.4, 0.5) is 4.39 Å². The molecule has 0 aromatic heterocycles. The molecule has 1 aliphatic carbocycles. The molecule has 0 bridgehead atoms. The molecule has 0 spiro atoms. The van der Waals surface area contributed by atoms with E-state index in [0.29, 0.717) is 18.5 Å². The molecule has 2 unspecified atom stereocenters. The van der Waals surface area contributed by atoms with E-state index in [1.54, 1.807) is 6.07 Å². The van der Waals surface area contributed by atoms with E-state index in [1.165, 1.54) is 11.0 Å². The zero-order valence-electron chi connectivity index (χ0n) is 15.1. The standard InChI is InChI=1S/C20H23FN2O3/c1-20(2)7-3-4-15(20)12-8-11(21)9-13-14(12)10-23(19(13)26)16-5-6-17(24)22-18(16)25/h8-9,15-16H,3-7,10H2,1-2H3,(H,22,24,25). The molecule has 1 saturated carbocycles. The first-order valence-electron chi connectivity index (χ1n) is 9.25. The number of carbonyl (C=O) groups is 3. The van der Waals surface area contributed by atoms with Crippen LogP contribution in [-0.4, -0.2) is 28.7 Å². The lowest BCUT2D eigenvalue weighted by Gasteiger charge is -2.30. The number of imide groups is 1. The molecule has 2 fully saturated rings. The number of fused-ring (bicyclic) bond motifs is 1. The van der Waals surface area contributed by atoms with Crippen molar-refractivity contribution in [1.82, 2.24) is 10.2 Å². The van der Waals surface area contributed by atoms with Gasteiger partial charge in [0.15, 0.2) is 0 Å². The van der Waals surface area contributed by atoms with E-state index in [-0.39, 0.29) is 29.6 Å². The molecule has 1 N–H and O–H groups in total. The van der Waals surface area contributed by atoms with Crippen LogP contribution in [0.5, 0.6) is 0 Å². The molecule has 3 amide bonds. The predicted molar refractivity (Wildman–Crippen MR) is 92.8 cm³/mol. The molecule has 6 heteroatoms. The second-order valence-electron chi connectivity index (χ2n) is 8.35. The van der Waals surface area contributed by atoms with Crippen LogP contribution < -0.4 is 5.32 Å². The number of rotatable bonds is 2. The highest BCUT2D eigenvalue weighted by Gasteiger charge is 2.43. The minimum absolute atomic E-state index is 0.0622. The quantitative estimate of drug-likeness (QED) is 0.827. The summed E-state index contributed by atoms with van der Waals surface area (Å²) in [5.41, 5.74) is 2.19. The average Bonchev–Trinajstić information content (AvgIpc) is 3.07. The molecular formula is C20H23FN2O3. The van der Waals surface area contributed by atoms with Crippen molar-refractivity contribution in [3.63, 3.8) is 0 Å². The minimum Gasteiger partial charge on any atom is -0.322 e. The van der Waals surface area contributed by atoms with Crippen LogP contribution in [0.3, 0.4) is 0 Å². The molecule has 1 saturated heterocycles. The van der Waals surface area contributed by atoms with Crippen LogP contribution in [0.2, 0.25) is 0 Å². The molecule has 4 rings (SSSR count). The van der Waals surface area contributed by atoms with Gasteiger partial charge < -0.3 is 4.90 Å². The molecule has 1 aromatic carbocycles. The fourth-order valence-electron chi connectivity index (χ4n) is 4.87. The van der Waals surface area contributed by atoms with Crippen molar-refractivity contribution in [1.29, 1.82) is 0 Å². The Hall–Kier alpha value is -2.24. The number of carbonyl (C=O) groups excluding carboxylic acids is 3. The van der Waals surface area contributed by atoms with Crippen LogP contribution in [0.25, 0.3) is 0 Å². The zero-order valence-corrected chi connectivity index (χ0v) is 15.1. The van der Waals surface area contributed by atoms with Gasteiger partial charge in [0, 0.05) is 18.5 Å². The number of nitrogens with zero attached hydrogens (tertiary/aromatic N) is 1. The Morgan fingerprint density at radius 1 is 1.19 bits per heavy atom. The number of hydrogen-bond donors (Lipinski definition) is 1. The monoisotopic (exact) mass is 358 g/mol. The Bertz CT molecular complexity index is 818. The third-order valence-electron chi connectivity index (χ3n) is 6.29. The topological polar surface area (TPSA) is 66.5 Å². The van der Waals surface area contributed by atoms with Gasteiger partial charge >= 0.3 is 0 Å². The van der Waals surface area contributed by atoms with Crippen LogP contribution >= 0.6 is 0 Å². The van der Waals surface area contributed by atoms with Crippen LogP contribution in [-0.2, 0) is 16.1 Å². The fraction of sp³-hybridized carbons (Fsp3) is 0.550. The number of amides is 3. The van der Waals surface area contributed by atoms with Crippen molar-refractivity contribution >= 4 is 17.7 Å². The van der Waals surface area contributed by atoms with E-state index < -0.39 is 17.8 Å². The highest BCUT2D eigenvalue weighted by Crippen LogP contribution is 2.51. The van der Waals surface area contributed by atoms with Crippen LogP contribution in [0, 0.1) is 11.2 Å². The average molecular weight is 358 g/mol. The first-order valence-corrected chi connectivity index (χ1v) is 9.25. The third-order valence-corrected chi connectivity index (χ3v) is 6.29. The Balaban J connectivity index is 1.71. The number of benzene rings is 1. The molecule has 5 nitrogen and oxygen atoms in total. The predicted octanol–water partition coefficient (Wildman–Crippen LogP) is 2.88. The highest BCUT2D eigenvalue weighted by molar-refractivity contribution is 6.05. The van der Waals surface area contributed by atoms with Crippen molar-refractivity contribution < 1.29 is 18.8 Å². The van der Waals surface area contributed by atoms with Gasteiger partial charge in [-0.05, 0) is 53.9 Å². The maximum Gasteiger partial charge on any atom is 0.255 e. The van der Waals surface area contributed by atoms with Gasteiger partial charge in [-0.25, -0.2) is 4.39 Å². The maximum absolute atomic E-state index is 14.3. The van der Waals surface area contributed by atoms with Crippen molar-refractivity contribution in [3.05, 3.63) is 34.6 Å². The first kappa shape index (κ1) is 17.2. The van der Waals surface area contributed by atoms with E-state index in [0.717, 1.165) is 30.4 Å². The number of hydrogen-bond acceptors (Lipinski definition) is 3. The van der Waals surface area contributed by atoms with E-state index >= 15 is 0 Å². The summed E-state index contributed by atoms with van der Waals surface area (Å²) < 4.78 is 14.3. The van der Waals surface area contributed by atoms with E-state index in [4.69, 9.17) is 0 Å². The summed E-state index contributed by atoms with van der Waals surface area (Å²) in [4.78, 5) is 38.0. The SMILES string of the molecule is CC1(C)CCCC1c1cc(F)cc2c1CN(C1CCC(=O)NC1=O)C2=O. The lowest BCUT2D eigenvalue weighted by molar-refractivity contribution is -0.136. The van der Waals surface area contributed by atoms with Gasteiger partial charge in [0.2, 0.25) is 11.8 Å². The van der Waals surface area contributed by atoms with E-state index in [2.05, 4.69) is 19.2 Å². The van der Waals surface area contributed by atoms with Crippen LogP contribution in [0.15, 0.2) is 12.1 Å². The molecule has 2 heterocycles. The molecule has 1 aromatic rings. The summed E-state index contributed by atoms with van der Waals surface area (Å²) in [5.74, 6) is -1.26. The van der Waals surface area contributed by atoms with Gasteiger partial charge in [-0.1, -0.05) is 20.3 Å². The summed E-state index contributed by atoms with van der Waals surface area (Å²) in [6.45, 7) is 4.69. The molecule has 2 aliphatic heterocycles. The van der Waals surface area contributed by atoms with Crippen molar-refractivity contribution in [2.24, 2.45) is 5.41 Å². The molecule has 26 heavy (non-hydrogen) atoms. The van der Waals surface area contributed by atoms with Crippen molar-refractivity contribution in [2.75, 3.05) is 0 Å². The van der Waals surface area contributed by atoms with Gasteiger partial charge in [-0.15, -0.1) is 0 Å². The lowest BCUT2D eigenvalue weighted by Crippen LogP contribution is -2.52. The summed E-state index contributed by atoms with van der Waals surface area (Å²) in [7, 11) is 0. The Morgan fingerprint density at radius 2 is 1.96 bits per heavy atom. The fourth-order valence-corrected chi connectivity index (χ4v) is 4.87. The number of nitrogens with one attached hydrogen (secondary N) is 1. The van der Waals surface area contributed by atoms with E-state index in [1.807, 2.05) is 0 Å². The molecule has 138 valence electrons. The summed E-state index contributed by atoms with van der Waals surface area (Å²) in [6.07, 6.45) is 3.68. The van der Waals surface area contributed by atoms with Gasteiger partial charge in [0.1, 0.15) is 11.9 Å². The smallest absolute Gasteiger partial charge is 0.255 e. The third kappa shape index (κ3) is 2.63. The van der Waals surface area contributed by atoms with Crippen molar-refractivity contribution in [3.8, 4) is 0 Å². The van der Waals surface area contributed by atoms with Crippen molar-refractivity contribution in [2.45, 2.75) is 64.5 Å². The molecule has 0 radical (unpaired) electrons. The van der Waals surface area contributed by atoms with Gasteiger partial charge in [0.05, 0.1) is 0 Å². The lowest BCUT2D eigenvalue weighted by atomic mass is 9.76. The van der Waals surface area contributed by atoms with Crippen LogP contribution in [0.1, 0.15) is 73.4 Å². The largest absolute Gasteiger partial charge is 0.322 e. The minimum atomic E-state index is -0.667. The molecule has 3 aliphatic rings. The molecule has 2 atom stereocenters. The van der Waals surface area contributed by atoms with Gasteiger partial charge in [0.25, 0.3) is 5.91 Å². The van der Waals surface area contributed by atoms with Gasteiger partial charge in [-0.2, -0.15) is 0 Å². The first-order chi connectivity index (χ1) is 12.3. The maximum atomic E-state index is 14.3. The Kier molecular flexibility index (Phi) is 3.90. The summed E-state index contributed by atoms with van der Waals surface area (Å²) in [6, 6.07) is 2.19. The highest BCUT2D eigenvalue weighted by atomic mass is 19.1. The second-order valence-corrected chi connectivity index (χ2v) is 8.35. The number of piperidine rings is 1.